The molecule has 5 saturated carbocycles. The summed E-state index contributed by atoms with van der Waals surface area (Å²) in [7, 11) is 0. The smallest absolute Gasteiger partial charge is 0.136 e. The van der Waals surface area contributed by atoms with E-state index >= 15 is 0 Å². The lowest BCUT2D eigenvalue weighted by molar-refractivity contribution is -0.246. The fourth-order valence-corrected chi connectivity index (χ4v) is 11.6. The van der Waals surface area contributed by atoms with Crippen LogP contribution in [0.5, 0.6) is 0 Å². The minimum atomic E-state index is -0.248. The van der Waals surface area contributed by atoms with Gasteiger partial charge in [-0.2, -0.15) is 0 Å². The van der Waals surface area contributed by atoms with Crippen molar-refractivity contribution in [2.45, 2.75) is 119 Å². The molecule has 5 fully saturated rings. The summed E-state index contributed by atoms with van der Waals surface area (Å²) in [5.74, 6) is 2.72. The van der Waals surface area contributed by atoms with Gasteiger partial charge in [0.05, 0.1) is 6.10 Å². The van der Waals surface area contributed by atoms with Gasteiger partial charge in [-0.25, -0.2) is 0 Å². The number of aliphatic hydroxyl groups is 1. The summed E-state index contributed by atoms with van der Waals surface area (Å²) in [6.07, 6.45) is 10.7. The van der Waals surface area contributed by atoms with Gasteiger partial charge in [0.2, 0.25) is 0 Å². The van der Waals surface area contributed by atoms with Crippen LogP contribution in [-0.4, -0.2) is 22.8 Å². The number of Topliss-reactive ketones (excluding diaryl/α,β-unsaturated/α-hetero) is 2. The summed E-state index contributed by atoms with van der Waals surface area (Å²) < 4.78 is 0. The summed E-state index contributed by atoms with van der Waals surface area (Å²) in [5.41, 5.74) is 0.433. The number of ketones is 2. The Kier molecular flexibility index (Phi) is 5.22. The molecule has 0 bridgehead atoms. The Morgan fingerprint density at radius 3 is 2.06 bits per heavy atom. The number of carbonyl (C=O) groups is 2. The number of carbonyl (C=O) groups excluding carboxylic acids is 2. The van der Waals surface area contributed by atoms with Crippen LogP contribution < -0.4 is 0 Å². The van der Waals surface area contributed by atoms with Crippen molar-refractivity contribution >= 4 is 11.6 Å². The molecule has 3 heteroatoms. The van der Waals surface area contributed by atoms with Crippen LogP contribution in [0, 0.1) is 56.7 Å². The Morgan fingerprint density at radius 1 is 0.727 bits per heavy atom. The first-order valence-electron chi connectivity index (χ1n) is 14.0. The quantitative estimate of drug-likeness (QED) is 0.509. The first-order chi connectivity index (χ1) is 15.3. The lowest BCUT2D eigenvalue weighted by atomic mass is 9.32. The van der Waals surface area contributed by atoms with E-state index in [1.807, 2.05) is 6.92 Å². The maximum Gasteiger partial charge on any atom is 0.136 e. The zero-order chi connectivity index (χ0) is 24.2. The second kappa shape index (κ2) is 7.17. The van der Waals surface area contributed by atoms with E-state index in [0.717, 1.165) is 38.5 Å². The first-order valence-corrected chi connectivity index (χ1v) is 14.0. The van der Waals surface area contributed by atoms with E-state index in [1.54, 1.807) is 6.92 Å². The van der Waals surface area contributed by atoms with Crippen LogP contribution in [0.4, 0.5) is 0 Å². The molecule has 0 aromatic carbocycles. The summed E-state index contributed by atoms with van der Waals surface area (Å²) in [4.78, 5) is 25.9. The van der Waals surface area contributed by atoms with E-state index in [1.165, 1.54) is 25.7 Å². The molecule has 4 unspecified atom stereocenters. The van der Waals surface area contributed by atoms with Crippen molar-refractivity contribution in [3.63, 3.8) is 0 Å². The van der Waals surface area contributed by atoms with Gasteiger partial charge in [-0.3, -0.25) is 9.59 Å². The van der Waals surface area contributed by atoms with Gasteiger partial charge in [0.25, 0.3) is 0 Å². The highest BCUT2D eigenvalue weighted by atomic mass is 16.3. The van der Waals surface area contributed by atoms with Crippen molar-refractivity contribution in [3.8, 4) is 0 Å². The van der Waals surface area contributed by atoms with Crippen LogP contribution in [0.1, 0.15) is 113 Å². The van der Waals surface area contributed by atoms with Gasteiger partial charge < -0.3 is 5.11 Å². The largest absolute Gasteiger partial charge is 0.393 e. The van der Waals surface area contributed by atoms with E-state index in [9.17, 15) is 14.7 Å². The Bertz CT molecular complexity index is 861. The zero-order valence-electron chi connectivity index (χ0n) is 22.3. The van der Waals surface area contributed by atoms with Gasteiger partial charge in [0.15, 0.2) is 0 Å². The number of rotatable bonds is 2. The lowest BCUT2D eigenvalue weighted by Gasteiger charge is -2.72. The topological polar surface area (TPSA) is 54.4 Å². The molecular weight excluding hydrogens is 408 g/mol. The van der Waals surface area contributed by atoms with Crippen molar-refractivity contribution in [1.82, 2.24) is 0 Å². The van der Waals surface area contributed by atoms with E-state index in [4.69, 9.17) is 0 Å². The predicted molar refractivity (Wildman–Crippen MR) is 132 cm³/mol. The van der Waals surface area contributed by atoms with Gasteiger partial charge in [0.1, 0.15) is 11.6 Å². The van der Waals surface area contributed by atoms with E-state index in [2.05, 4.69) is 34.6 Å². The molecule has 0 aliphatic heterocycles. The monoisotopic (exact) mass is 456 g/mol. The molecule has 5 aliphatic rings. The highest BCUT2D eigenvalue weighted by molar-refractivity contribution is 5.86. The summed E-state index contributed by atoms with van der Waals surface area (Å²) in [6, 6.07) is 0. The number of hydrogen-bond acceptors (Lipinski definition) is 3. The van der Waals surface area contributed by atoms with E-state index in [-0.39, 0.29) is 45.0 Å². The van der Waals surface area contributed by atoms with Crippen LogP contribution in [0.3, 0.4) is 0 Å². The summed E-state index contributed by atoms with van der Waals surface area (Å²) in [6.45, 7) is 15.9. The van der Waals surface area contributed by atoms with Crippen LogP contribution in [0.15, 0.2) is 0 Å². The molecule has 5 aliphatic carbocycles. The lowest BCUT2D eigenvalue weighted by Crippen LogP contribution is -2.67. The van der Waals surface area contributed by atoms with Gasteiger partial charge in [0, 0.05) is 11.3 Å². The maximum atomic E-state index is 13.1. The average molecular weight is 457 g/mol. The third-order valence-electron chi connectivity index (χ3n) is 13.6. The third kappa shape index (κ3) is 2.78. The Hall–Kier alpha value is -0.700. The SMILES string of the molecule is CC(=O)[C@@H]1CC[C@]2(C(C)=O)CC[C@]3(C)C(CCC4[C@@]5(C)CC[C@H](O)C(C)(C)C5CC[C@]43C)C12. The molecule has 186 valence electrons. The minimum Gasteiger partial charge on any atom is -0.393 e. The highest BCUT2D eigenvalue weighted by Gasteiger charge is 2.71. The van der Waals surface area contributed by atoms with Crippen molar-refractivity contribution in [2.75, 3.05) is 0 Å². The molecule has 0 spiro atoms. The van der Waals surface area contributed by atoms with Crippen LogP contribution >= 0.6 is 0 Å². The Balaban J connectivity index is 1.57. The number of hydrogen-bond donors (Lipinski definition) is 1. The number of fused-ring (bicyclic) bond motifs is 7. The fraction of sp³-hybridized carbons (Fsp3) is 0.933. The van der Waals surface area contributed by atoms with Gasteiger partial charge in [-0.15, -0.1) is 0 Å². The average Bonchev–Trinajstić information content (AvgIpc) is 3.13. The normalized spacial score (nSPS) is 55.0. The fourth-order valence-electron chi connectivity index (χ4n) is 11.6. The zero-order valence-corrected chi connectivity index (χ0v) is 22.3. The Labute approximate surface area is 201 Å². The van der Waals surface area contributed by atoms with Gasteiger partial charge in [-0.1, -0.05) is 34.6 Å². The van der Waals surface area contributed by atoms with Gasteiger partial charge in [-0.05, 0) is 123 Å². The molecule has 0 heterocycles. The molecule has 0 radical (unpaired) electrons. The number of aliphatic hydroxyl groups excluding tert-OH is 1. The van der Waals surface area contributed by atoms with Crippen LogP contribution in [0.25, 0.3) is 0 Å². The van der Waals surface area contributed by atoms with Crippen molar-refractivity contribution < 1.29 is 14.7 Å². The molecule has 10 atom stereocenters. The van der Waals surface area contributed by atoms with Crippen molar-refractivity contribution in [1.29, 1.82) is 0 Å². The minimum absolute atomic E-state index is 0.0202. The molecule has 0 aromatic rings. The standard InChI is InChI=1S/C30H48O3/c1-18(31)20-10-15-30(19(2)32)17-16-28(6)21(25(20)30)8-9-23-27(5)13-12-24(33)26(3,4)22(27)11-14-29(23,28)7/h20-25,33H,8-17H2,1-7H3/t20-,21?,22?,23?,24-,25?,27-,28+,29+,30+/m0/s1. The third-order valence-corrected chi connectivity index (χ3v) is 13.6. The molecule has 1 N–H and O–H groups in total. The summed E-state index contributed by atoms with van der Waals surface area (Å²) >= 11 is 0. The molecular formula is C30H48O3. The first kappa shape index (κ1) is 24.0. The van der Waals surface area contributed by atoms with Crippen LogP contribution in [-0.2, 0) is 9.59 Å². The van der Waals surface area contributed by atoms with Crippen molar-refractivity contribution in [3.05, 3.63) is 0 Å². The molecule has 33 heavy (non-hydrogen) atoms. The van der Waals surface area contributed by atoms with Crippen molar-refractivity contribution in [2.24, 2.45) is 56.7 Å². The summed E-state index contributed by atoms with van der Waals surface area (Å²) in [5, 5.41) is 10.9. The molecule has 5 rings (SSSR count). The Morgan fingerprint density at radius 2 is 1.42 bits per heavy atom. The molecule has 0 amide bonds. The van der Waals surface area contributed by atoms with E-state index in [0.29, 0.717) is 29.3 Å². The van der Waals surface area contributed by atoms with Crippen LogP contribution in [0.2, 0.25) is 0 Å². The highest BCUT2D eigenvalue weighted by Crippen LogP contribution is 2.77. The molecule has 0 saturated heterocycles. The molecule has 3 nitrogen and oxygen atoms in total. The second-order valence-corrected chi connectivity index (χ2v) is 14.5. The van der Waals surface area contributed by atoms with E-state index < -0.39 is 0 Å². The maximum absolute atomic E-state index is 13.1. The van der Waals surface area contributed by atoms with Gasteiger partial charge >= 0.3 is 0 Å². The second-order valence-electron chi connectivity index (χ2n) is 14.5. The molecule has 0 aromatic heterocycles. The predicted octanol–water partition coefficient (Wildman–Crippen LogP) is 6.61.